The number of aryl methyl sites for hydroxylation is 1. The van der Waals surface area contributed by atoms with Gasteiger partial charge in [-0.15, -0.1) is 0 Å². The van der Waals surface area contributed by atoms with Gasteiger partial charge in [-0.2, -0.15) is 13.2 Å². The van der Waals surface area contributed by atoms with Crippen LogP contribution in [0, 0.1) is 6.92 Å². The molecule has 90 valence electrons. The Morgan fingerprint density at radius 2 is 1.56 bits per heavy atom. The second-order valence-corrected chi connectivity index (χ2v) is 5.70. The lowest BCUT2D eigenvalue weighted by Crippen LogP contribution is -2.15. The lowest BCUT2D eigenvalue weighted by Gasteiger charge is -2.22. The van der Waals surface area contributed by atoms with Gasteiger partial charge in [0.25, 0.3) is 0 Å². The summed E-state index contributed by atoms with van der Waals surface area (Å²) < 4.78 is 38.4. The summed E-state index contributed by atoms with van der Waals surface area (Å²) in [5, 5.41) is 0. The highest BCUT2D eigenvalue weighted by Gasteiger charge is 2.34. The van der Waals surface area contributed by atoms with Crippen molar-refractivity contribution < 1.29 is 13.2 Å². The molecule has 0 aliphatic rings. The van der Waals surface area contributed by atoms with Gasteiger partial charge in [-0.25, -0.2) is 0 Å². The van der Waals surface area contributed by atoms with Gasteiger partial charge < -0.3 is 0 Å². The molecular formula is C12H14BrF3. The van der Waals surface area contributed by atoms with Gasteiger partial charge >= 0.3 is 6.18 Å². The minimum Gasteiger partial charge on any atom is -0.166 e. The van der Waals surface area contributed by atoms with Gasteiger partial charge in [0.05, 0.1) is 5.56 Å². The SMILES string of the molecule is Cc1cc(C(C)(C)C)cc(C(F)(F)F)c1Br. The first-order valence-electron chi connectivity index (χ1n) is 4.91. The molecule has 0 bridgehead atoms. The summed E-state index contributed by atoms with van der Waals surface area (Å²) in [5.74, 6) is 0. The van der Waals surface area contributed by atoms with Crippen LogP contribution in [0.1, 0.15) is 37.5 Å². The van der Waals surface area contributed by atoms with Gasteiger partial charge in [0.1, 0.15) is 0 Å². The first kappa shape index (κ1) is 13.6. The Hall–Kier alpha value is -0.510. The van der Waals surface area contributed by atoms with Crippen LogP contribution < -0.4 is 0 Å². The van der Waals surface area contributed by atoms with E-state index < -0.39 is 11.7 Å². The summed E-state index contributed by atoms with van der Waals surface area (Å²) >= 11 is 3.00. The molecule has 0 fully saturated rings. The first-order chi connectivity index (χ1) is 7.03. The van der Waals surface area contributed by atoms with Gasteiger partial charge in [-0.1, -0.05) is 26.8 Å². The van der Waals surface area contributed by atoms with Crippen LogP contribution in [0.25, 0.3) is 0 Å². The molecule has 0 saturated heterocycles. The number of alkyl halides is 3. The Kier molecular flexibility index (Phi) is 3.44. The molecule has 0 aromatic heterocycles. The van der Waals surface area contributed by atoms with E-state index in [0.717, 1.165) is 0 Å². The van der Waals surface area contributed by atoms with E-state index in [4.69, 9.17) is 0 Å². The first-order valence-corrected chi connectivity index (χ1v) is 5.70. The van der Waals surface area contributed by atoms with Crippen molar-refractivity contribution in [3.8, 4) is 0 Å². The third kappa shape index (κ3) is 2.78. The zero-order chi connectivity index (χ0) is 12.7. The Morgan fingerprint density at radius 3 is 1.94 bits per heavy atom. The molecule has 16 heavy (non-hydrogen) atoms. The lowest BCUT2D eigenvalue weighted by atomic mass is 9.85. The quantitative estimate of drug-likeness (QED) is 0.626. The van der Waals surface area contributed by atoms with Crippen LogP contribution in [0.2, 0.25) is 0 Å². The maximum atomic E-state index is 12.8. The van der Waals surface area contributed by atoms with E-state index >= 15 is 0 Å². The minimum atomic E-state index is -4.31. The van der Waals surface area contributed by atoms with E-state index in [1.807, 2.05) is 20.8 Å². The van der Waals surface area contributed by atoms with Crippen molar-refractivity contribution in [1.82, 2.24) is 0 Å². The van der Waals surface area contributed by atoms with Crippen molar-refractivity contribution >= 4 is 15.9 Å². The number of hydrogen-bond acceptors (Lipinski definition) is 0. The third-order valence-electron chi connectivity index (χ3n) is 2.43. The van der Waals surface area contributed by atoms with E-state index in [-0.39, 0.29) is 9.89 Å². The van der Waals surface area contributed by atoms with E-state index in [1.54, 1.807) is 13.0 Å². The average Bonchev–Trinajstić information content (AvgIpc) is 2.05. The predicted octanol–water partition coefficient (Wildman–Crippen LogP) is 5.07. The van der Waals surface area contributed by atoms with Gasteiger partial charge in [-0.3, -0.25) is 0 Å². The highest BCUT2D eigenvalue weighted by Crippen LogP contribution is 2.39. The number of hydrogen-bond donors (Lipinski definition) is 0. The van der Waals surface area contributed by atoms with Gasteiger partial charge in [0, 0.05) is 4.47 Å². The van der Waals surface area contributed by atoms with Crippen LogP contribution in [0.3, 0.4) is 0 Å². The van der Waals surface area contributed by atoms with Crippen molar-refractivity contribution in [3.63, 3.8) is 0 Å². The summed E-state index contributed by atoms with van der Waals surface area (Å²) in [7, 11) is 0. The van der Waals surface area contributed by atoms with E-state index in [1.165, 1.54) is 6.07 Å². The molecule has 1 rings (SSSR count). The molecule has 0 amide bonds. The maximum absolute atomic E-state index is 12.8. The smallest absolute Gasteiger partial charge is 0.166 e. The molecule has 0 N–H and O–H groups in total. The third-order valence-corrected chi connectivity index (χ3v) is 3.48. The fraction of sp³-hybridized carbons (Fsp3) is 0.500. The largest absolute Gasteiger partial charge is 0.417 e. The molecule has 1 aromatic rings. The zero-order valence-electron chi connectivity index (χ0n) is 9.67. The van der Waals surface area contributed by atoms with Crippen LogP contribution in [-0.2, 0) is 11.6 Å². The standard InChI is InChI=1S/C12H14BrF3/c1-7-5-8(11(2,3)4)6-9(10(7)13)12(14,15)16/h5-6H,1-4H3. The van der Waals surface area contributed by atoms with E-state index in [0.29, 0.717) is 11.1 Å². The number of rotatable bonds is 0. The summed E-state index contributed by atoms with van der Waals surface area (Å²) in [6, 6.07) is 3.01. The molecule has 0 aliphatic carbocycles. The van der Waals surface area contributed by atoms with Crippen molar-refractivity contribution in [2.24, 2.45) is 0 Å². The van der Waals surface area contributed by atoms with Gasteiger partial charge in [0.15, 0.2) is 0 Å². The summed E-state index contributed by atoms with van der Waals surface area (Å²) in [6.45, 7) is 7.37. The monoisotopic (exact) mass is 294 g/mol. The summed E-state index contributed by atoms with van der Waals surface area (Å²) in [6.07, 6.45) is -4.31. The molecule has 0 aliphatic heterocycles. The molecular weight excluding hydrogens is 281 g/mol. The van der Waals surface area contributed by atoms with E-state index in [2.05, 4.69) is 15.9 Å². The Morgan fingerprint density at radius 1 is 1.06 bits per heavy atom. The van der Waals surface area contributed by atoms with Gasteiger partial charge in [-0.05, 0) is 45.5 Å². The minimum absolute atomic E-state index is 0.132. The van der Waals surface area contributed by atoms with Crippen LogP contribution in [-0.4, -0.2) is 0 Å². The molecule has 0 radical (unpaired) electrons. The van der Waals surface area contributed by atoms with Crippen LogP contribution in [0.4, 0.5) is 13.2 Å². The molecule has 0 atom stereocenters. The fourth-order valence-corrected chi connectivity index (χ4v) is 1.86. The number of benzene rings is 1. The van der Waals surface area contributed by atoms with Crippen LogP contribution in [0.5, 0.6) is 0 Å². The predicted molar refractivity (Wildman–Crippen MR) is 62.6 cm³/mol. The molecule has 4 heteroatoms. The van der Waals surface area contributed by atoms with Crippen LogP contribution >= 0.6 is 15.9 Å². The average molecular weight is 295 g/mol. The lowest BCUT2D eigenvalue weighted by molar-refractivity contribution is -0.138. The Labute approximate surface area is 102 Å². The van der Waals surface area contributed by atoms with Crippen molar-refractivity contribution in [3.05, 3.63) is 33.3 Å². The molecule has 0 saturated carbocycles. The normalized spacial score (nSPS) is 13.0. The number of halogens is 4. The van der Waals surface area contributed by atoms with Gasteiger partial charge in [0.2, 0.25) is 0 Å². The molecule has 0 nitrogen and oxygen atoms in total. The Balaban J connectivity index is 3.46. The molecule has 0 heterocycles. The summed E-state index contributed by atoms with van der Waals surface area (Å²) in [5.41, 5.74) is 0.420. The van der Waals surface area contributed by atoms with Crippen molar-refractivity contribution in [2.75, 3.05) is 0 Å². The highest BCUT2D eigenvalue weighted by atomic mass is 79.9. The fourth-order valence-electron chi connectivity index (χ4n) is 1.41. The second-order valence-electron chi connectivity index (χ2n) is 4.90. The van der Waals surface area contributed by atoms with Crippen molar-refractivity contribution in [2.45, 2.75) is 39.3 Å². The van der Waals surface area contributed by atoms with Crippen molar-refractivity contribution in [1.29, 1.82) is 0 Å². The maximum Gasteiger partial charge on any atom is 0.417 e. The molecule has 0 unspecified atom stereocenters. The second kappa shape index (κ2) is 4.06. The topological polar surface area (TPSA) is 0 Å². The summed E-state index contributed by atoms with van der Waals surface area (Å²) in [4.78, 5) is 0. The Bertz CT molecular complexity index is 400. The van der Waals surface area contributed by atoms with E-state index in [9.17, 15) is 13.2 Å². The van der Waals surface area contributed by atoms with Crippen LogP contribution in [0.15, 0.2) is 16.6 Å². The highest BCUT2D eigenvalue weighted by molar-refractivity contribution is 9.10. The zero-order valence-corrected chi connectivity index (χ0v) is 11.3. The molecule has 1 aromatic carbocycles. The molecule has 0 spiro atoms.